The fraction of sp³-hybridized carbons (Fsp3) is 0.231. The van der Waals surface area contributed by atoms with E-state index in [-0.39, 0.29) is 12.4 Å². The smallest absolute Gasteiger partial charge is 0.143 e. The first-order chi connectivity index (χ1) is 9.29. The molecule has 0 amide bonds. The molecule has 0 atom stereocenters. The molecule has 3 rings (SSSR count). The molecular formula is C13H14N4O2. The summed E-state index contributed by atoms with van der Waals surface area (Å²) in [6, 6.07) is 5.13. The number of aromatic hydroxyl groups is 1. The second-order valence-corrected chi connectivity index (χ2v) is 4.30. The van der Waals surface area contributed by atoms with E-state index in [1.54, 1.807) is 12.1 Å². The van der Waals surface area contributed by atoms with Crippen LogP contribution in [0.4, 0.5) is 5.82 Å². The van der Waals surface area contributed by atoms with Crippen LogP contribution in [0, 0.1) is 0 Å². The van der Waals surface area contributed by atoms with E-state index in [4.69, 9.17) is 5.11 Å². The molecule has 0 saturated heterocycles. The van der Waals surface area contributed by atoms with E-state index in [2.05, 4.69) is 20.3 Å². The molecule has 6 nitrogen and oxygen atoms in total. The standard InChI is InChI=1S/C13H14N4O2/c18-5-1-4-14-12-11-9-6-8(19)2-3-10(9)17-13(11)16-7-15-12/h2-3,6-7,18-19H,1,4-5H2,(H2,14,15,16,17). The van der Waals surface area contributed by atoms with E-state index >= 15 is 0 Å². The molecule has 0 aliphatic rings. The highest BCUT2D eigenvalue weighted by atomic mass is 16.3. The Hall–Kier alpha value is -2.34. The zero-order chi connectivity index (χ0) is 13.2. The van der Waals surface area contributed by atoms with Gasteiger partial charge in [-0.15, -0.1) is 0 Å². The monoisotopic (exact) mass is 258 g/mol. The first-order valence-electron chi connectivity index (χ1n) is 6.10. The lowest BCUT2D eigenvalue weighted by molar-refractivity contribution is 0.292. The quantitative estimate of drug-likeness (QED) is 0.533. The second kappa shape index (κ2) is 4.74. The summed E-state index contributed by atoms with van der Waals surface area (Å²) in [5, 5.41) is 23.3. The van der Waals surface area contributed by atoms with Gasteiger partial charge < -0.3 is 20.5 Å². The van der Waals surface area contributed by atoms with Crippen molar-refractivity contribution in [1.29, 1.82) is 0 Å². The van der Waals surface area contributed by atoms with E-state index in [0.29, 0.717) is 18.8 Å². The Labute approximate surface area is 109 Å². The van der Waals surface area contributed by atoms with Crippen LogP contribution in [0.15, 0.2) is 24.5 Å². The van der Waals surface area contributed by atoms with Crippen LogP contribution in [0.25, 0.3) is 21.9 Å². The number of rotatable bonds is 4. The van der Waals surface area contributed by atoms with Crippen molar-refractivity contribution in [2.75, 3.05) is 18.5 Å². The molecule has 0 fully saturated rings. The largest absolute Gasteiger partial charge is 0.508 e. The van der Waals surface area contributed by atoms with Gasteiger partial charge in [0, 0.05) is 24.1 Å². The molecule has 6 heteroatoms. The topological polar surface area (TPSA) is 94.1 Å². The number of anilines is 1. The van der Waals surface area contributed by atoms with Gasteiger partial charge in [0.25, 0.3) is 0 Å². The summed E-state index contributed by atoms with van der Waals surface area (Å²) in [6.07, 6.45) is 2.14. The van der Waals surface area contributed by atoms with E-state index in [0.717, 1.165) is 21.9 Å². The Morgan fingerprint density at radius 3 is 3.00 bits per heavy atom. The first-order valence-corrected chi connectivity index (χ1v) is 6.10. The molecular weight excluding hydrogens is 244 g/mol. The lowest BCUT2D eigenvalue weighted by Gasteiger charge is -2.05. The van der Waals surface area contributed by atoms with Gasteiger partial charge in [0.15, 0.2) is 0 Å². The van der Waals surface area contributed by atoms with Crippen LogP contribution in [-0.2, 0) is 0 Å². The molecule has 19 heavy (non-hydrogen) atoms. The number of hydrogen-bond acceptors (Lipinski definition) is 5. The van der Waals surface area contributed by atoms with Crippen molar-refractivity contribution in [3.05, 3.63) is 24.5 Å². The minimum absolute atomic E-state index is 0.135. The van der Waals surface area contributed by atoms with Gasteiger partial charge in [-0.05, 0) is 24.6 Å². The maximum Gasteiger partial charge on any atom is 0.143 e. The van der Waals surface area contributed by atoms with Gasteiger partial charge in [0.05, 0.1) is 5.39 Å². The minimum Gasteiger partial charge on any atom is -0.508 e. The third-order valence-electron chi connectivity index (χ3n) is 3.00. The number of benzene rings is 1. The van der Waals surface area contributed by atoms with Crippen LogP contribution in [0.5, 0.6) is 5.75 Å². The zero-order valence-electron chi connectivity index (χ0n) is 10.2. The van der Waals surface area contributed by atoms with Crippen LogP contribution in [0.1, 0.15) is 6.42 Å². The number of aliphatic hydroxyl groups excluding tert-OH is 1. The lowest BCUT2D eigenvalue weighted by atomic mass is 10.2. The van der Waals surface area contributed by atoms with Crippen LogP contribution >= 0.6 is 0 Å². The maximum atomic E-state index is 9.60. The molecule has 0 spiro atoms. The molecule has 0 bridgehead atoms. The number of phenols is 1. The molecule has 0 radical (unpaired) electrons. The van der Waals surface area contributed by atoms with Crippen LogP contribution < -0.4 is 5.32 Å². The van der Waals surface area contributed by atoms with Crippen molar-refractivity contribution in [2.24, 2.45) is 0 Å². The van der Waals surface area contributed by atoms with Crippen molar-refractivity contribution >= 4 is 27.8 Å². The fourth-order valence-corrected chi connectivity index (χ4v) is 2.13. The molecule has 0 saturated carbocycles. The second-order valence-electron chi connectivity index (χ2n) is 4.30. The summed E-state index contributed by atoms with van der Waals surface area (Å²) >= 11 is 0. The first kappa shape index (κ1) is 11.7. The van der Waals surface area contributed by atoms with Gasteiger partial charge in [-0.25, -0.2) is 9.97 Å². The highest BCUT2D eigenvalue weighted by Gasteiger charge is 2.11. The van der Waals surface area contributed by atoms with Gasteiger partial charge in [-0.3, -0.25) is 0 Å². The Morgan fingerprint density at radius 1 is 1.26 bits per heavy atom. The van der Waals surface area contributed by atoms with Crippen molar-refractivity contribution in [1.82, 2.24) is 15.0 Å². The molecule has 1 aromatic carbocycles. The molecule has 0 unspecified atom stereocenters. The Morgan fingerprint density at radius 2 is 2.16 bits per heavy atom. The highest BCUT2D eigenvalue weighted by Crippen LogP contribution is 2.30. The summed E-state index contributed by atoms with van der Waals surface area (Å²) in [5.41, 5.74) is 1.63. The highest BCUT2D eigenvalue weighted by molar-refractivity contribution is 6.11. The molecule has 3 aromatic rings. The van der Waals surface area contributed by atoms with Crippen molar-refractivity contribution in [3.8, 4) is 5.75 Å². The van der Waals surface area contributed by atoms with Crippen molar-refractivity contribution in [2.45, 2.75) is 6.42 Å². The average Bonchev–Trinajstić information content (AvgIpc) is 2.78. The number of nitrogens with one attached hydrogen (secondary N) is 2. The lowest BCUT2D eigenvalue weighted by Crippen LogP contribution is -2.05. The summed E-state index contributed by atoms with van der Waals surface area (Å²) in [6.45, 7) is 0.768. The number of H-pyrrole nitrogens is 1. The number of aliphatic hydroxyl groups is 1. The summed E-state index contributed by atoms with van der Waals surface area (Å²) in [7, 11) is 0. The maximum absolute atomic E-state index is 9.60. The Balaban J connectivity index is 2.15. The average molecular weight is 258 g/mol. The number of aromatic amines is 1. The number of nitrogens with zero attached hydrogens (tertiary/aromatic N) is 2. The van der Waals surface area contributed by atoms with Gasteiger partial charge >= 0.3 is 0 Å². The number of hydrogen-bond donors (Lipinski definition) is 4. The molecule has 2 heterocycles. The summed E-state index contributed by atoms with van der Waals surface area (Å²) < 4.78 is 0. The summed E-state index contributed by atoms with van der Waals surface area (Å²) in [5.74, 6) is 0.911. The minimum atomic E-state index is 0.135. The molecule has 98 valence electrons. The molecule has 2 aromatic heterocycles. The van der Waals surface area contributed by atoms with E-state index in [9.17, 15) is 5.11 Å². The molecule has 0 aliphatic carbocycles. The predicted octanol–water partition coefficient (Wildman–Crippen LogP) is 1.61. The SMILES string of the molecule is OCCCNc1ncnc2[nH]c3ccc(O)cc3c12. The Kier molecular flexibility index (Phi) is 2.92. The van der Waals surface area contributed by atoms with E-state index < -0.39 is 0 Å². The summed E-state index contributed by atoms with van der Waals surface area (Å²) in [4.78, 5) is 11.6. The van der Waals surface area contributed by atoms with E-state index in [1.165, 1.54) is 6.33 Å². The van der Waals surface area contributed by atoms with E-state index in [1.807, 2.05) is 6.07 Å². The number of phenolic OH excluding ortho intramolecular Hbond substituents is 1. The molecule has 0 aliphatic heterocycles. The van der Waals surface area contributed by atoms with Gasteiger partial charge in [-0.2, -0.15) is 0 Å². The van der Waals surface area contributed by atoms with Crippen LogP contribution in [0.2, 0.25) is 0 Å². The number of aromatic nitrogens is 3. The van der Waals surface area contributed by atoms with Gasteiger partial charge in [0.2, 0.25) is 0 Å². The molecule has 4 N–H and O–H groups in total. The zero-order valence-corrected chi connectivity index (χ0v) is 10.2. The van der Waals surface area contributed by atoms with Gasteiger partial charge in [-0.1, -0.05) is 0 Å². The third-order valence-corrected chi connectivity index (χ3v) is 3.00. The number of fused-ring (bicyclic) bond motifs is 3. The van der Waals surface area contributed by atoms with Crippen LogP contribution in [-0.4, -0.2) is 38.3 Å². The Bertz CT molecular complexity index is 723. The van der Waals surface area contributed by atoms with Gasteiger partial charge in [0.1, 0.15) is 23.5 Å². The normalized spacial score (nSPS) is 11.2. The predicted molar refractivity (Wildman–Crippen MR) is 73.3 cm³/mol. The van der Waals surface area contributed by atoms with Crippen molar-refractivity contribution in [3.63, 3.8) is 0 Å². The third kappa shape index (κ3) is 2.06. The van der Waals surface area contributed by atoms with Crippen LogP contribution in [0.3, 0.4) is 0 Å². The van der Waals surface area contributed by atoms with Crippen molar-refractivity contribution < 1.29 is 10.2 Å². The fourth-order valence-electron chi connectivity index (χ4n) is 2.13.